The molecule has 1 aromatic carbocycles. The van der Waals surface area contributed by atoms with Crippen molar-refractivity contribution in [2.75, 3.05) is 13.7 Å². The second-order valence-electron chi connectivity index (χ2n) is 6.21. The number of rotatable bonds is 7. The van der Waals surface area contributed by atoms with Gasteiger partial charge in [0.1, 0.15) is 18.8 Å². The van der Waals surface area contributed by atoms with Gasteiger partial charge >= 0.3 is 0 Å². The van der Waals surface area contributed by atoms with Crippen molar-refractivity contribution >= 4 is 0 Å². The molecule has 0 aliphatic carbocycles. The minimum absolute atomic E-state index is 0.404. The molecule has 0 saturated heterocycles. The number of methoxy groups -OCH3 is 1. The Labute approximate surface area is 142 Å². The van der Waals surface area contributed by atoms with E-state index >= 15 is 0 Å². The normalized spacial score (nSPS) is 16.5. The molecule has 128 valence electrons. The number of aromatic nitrogens is 3. The molecular formula is C18H24N4O2. The second-order valence-corrected chi connectivity index (χ2v) is 6.21. The highest BCUT2D eigenvalue weighted by Gasteiger charge is 2.19. The molecule has 0 saturated carbocycles. The summed E-state index contributed by atoms with van der Waals surface area (Å²) >= 11 is 0. The van der Waals surface area contributed by atoms with Crippen molar-refractivity contribution in [2.45, 2.75) is 38.9 Å². The maximum absolute atomic E-state index is 5.78. The Kier molecular flexibility index (Phi) is 5.15. The second kappa shape index (κ2) is 7.49. The molecule has 6 nitrogen and oxygen atoms in total. The minimum Gasteiger partial charge on any atom is -0.493 e. The first-order chi connectivity index (χ1) is 11.7. The van der Waals surface area contributed by atoms with Crippen molar-refractivity contribution in [2.24, 2.45) is 0 Å². The number of nitrogens with one attached hydrogen (secondary N) is 1. The van der Waals surface area contributed by atoms with E-state index in [-0.39, 0.29) is 0 Å². The minimum atomic E-state index is 0.404. The Hall–Kier alpha value is -2.34. The van der Waals surface area contributed by atoms with Crippen LogP contribution >= 0.6 is 0 Å². The molecule has 24 heavy (non-hydrogen) atoms. The van der Waals surface area contributed by atoms with Gasteiger partial charge in [0.15, 0.2) is 11.5 Å². The average molecular weight is 328 g/mol. The topological polar surface area (TPSA) is 61.2 Å². The van der Waals surface area contributed by atoms with Gasteiger partial charge in [-0.2, -0.15) is 5.10 Å². The number of nitrogens with zero attached hydrogens (tertiary/aromatic N) is 3. The van der Waals surface area contributed by atoms with Gasteiger partial charge in [-0.1, -0.05) is 12.6 Å². The largest absolute Gasteiger partial charge is 0.493 e. The van der Waals surface area contributed by atoms with E-state index in [2.05, 4.69) is 28.0 Å². The fourth-order valence-electron chi connectivity index (χ4n) is 2.81. The summed E-state index contributed by atoms with van der Waals surface area (Å²) in [7, 11) is 1.65. The lowest BCUT2D eigenvalue weighted by atomic mass is 10.1. The summed E-state index contributed by atoms with van der Waals surface area (Å²) in [6.45, 7) is 7.95. The van der Waals surface area contributed by atoms with Crippen molar-refractivity contribution in [3.8, 4) is 11.5 Å². The first kappa shape index (κ1) is 16.5. The van der Waals surface area contributed by atoms with Crippen LogP contribution in [0.2, 0.25) is 0 Å². The van der Waals surface area contributed by atoms with E-state index in [1.54, 1.807) is 13.4 Å². The van der Waals surface area contributed by atoms with E-state index < -0.39 is 0 Å². The van der Waals surface area contributed by atoms with Crippen LogP contribution in [0.4, 0.5) is 0 Å². The third kappa shape index (κ3) is 3.94. The molecule has 1 unspecified atom stereocenters. The quantitative estimate of drug-likeness (QED) is 0.791. The maximum atomic E-state index is 5.78. The number of hydrogen-bond donors (Lipinski definition) is 1. The lowest BCUT2D eigenvalue weighted by Gasteiger charge is -2.24. The summed E-state index contributed by atoms with van der Waals surface area (Å²) in [4.78, 5) is 4.26. The molecule has 1 aromatic heterocycles. The molecule has 6 heteroatoms. The van der Waals surface area contributed by atoms with Gasteiger partial charge in [-0.3, -0.25) is 0 Å². The van der Waals surface area contributed by atoms with Gasteiger partial charge in [0.05, 0.1) is 13.7 Å². The third-order valence-corrected chi connectivity index (χ3v) is 4.10. The smallest absolute Gasteiger partial charge is 0.161 e. The molecule has 1 aliphatic rings. The number of ether oxygens (including phenoxy) is 2. The highest BCUT2D eigenvalue weighted by Crippen LogP contribution is 2.28. The molecule has 2 aromatic rings. The molecule has 0 bridgehead atoms. The van der Waals surface area contributed by atoms with E-state index in [0.717, 1.165) is 54.4 Å². The van der Waals surface area contributed by atoms with Gasteiger partial charge in [-0.05, 0) is 36.6 Å². The zero-order valence-electron chi connectivity index (χ0n) is 14.3. The zero-order chi connectivity index (χ0) is 16.9. The lowest BCUT2D eigenvalue weighted by Crippen LogP contribution is -2.37. The van der Waals surface area contributed by atoms with Crippen LogP contribution in [0.15, 0.2) is 36.7 Å². The monoisotopic (exact) mass is 328 g/mol. The Morgan fingerprint density at radius 3 is 3.08 bits per heavy atom. The van der Waals surface area contributed by atoms with Crippen molar-refractivity contribution in [1.29, 1.82) is 0 Å². The van der Waals surface area contributed by atoms with Crippen LogP contribution in [0.5, 0.6) is 11.5 Å². The molecule has 3 rings (SSSR count). The predicted molar refractivity (Wildman–Crippen MR) is 92.3 cm³/mol. The number of hydrogen-bond acceptors (Lipinski definition) is 5. The summed E-state index contributed by atoms with van der Waals surface area (Å²) in [5.41, 5.74) is 2.14. The Morgan fingerprint density at radius 2 is 2.29 bits per heavy atom. The van der Waals surface area contributed by atoms with Crippen molar-refractivity contribution < 1.29 is 9.47 Å². The van der Waals surface area contributed by atoms with Crippen LogP contribution in [-0.2, 0) is 19.5 Å². The standard InChI is InChI=1S/C18H24N4O2/c1-13(2)11-24-17-8-14(4-6-16(17)23-3)9-19-15-5-7-18-20-12-21-22(18)10-15/h4,6,8,12,15,19H,1,5,7,9-11H2,2-3H3. The molecule has 0 amide bonds. The maximum Gasteiger partial charge on any atom is 0.161 e. The van der Waals surface area contributed by atoms with Crippen LogP contribution in [0.1, 0.15) is 24.7 Å². The van der Waals surface area contributed by atoms with Gasteiger partial charge in [-0.15, -0.1) is 0 Å². The van der Waals surface area contributed by atoms with Gasteiger partial charge in [-0.25, -0.2) is 9.67 Å². The van der Waals surface area contributed by atoms with Gasteiger partial charge < -0.3 is 14.8 Å². The van der Waals surface area contributed by atoms with Gasteiger partial charge in [0, 0.05) is 19.0 Å². The summed E-state index contributed by atoms with van der Waals surface area (Å²) < 4.78 is 13.1. The predicted octanol–water partition coefficient (Wildman–Crippen LogP) is 2.35. The van der Waals surface area contributed by atoms with Gasteiger partial charge in [0.2, 0.25) is 0 Å². The molecule has 0 radical (unpaired) electrons. The van der Waals surface area contributed by atoms with E-state index in [0.29, 0.717) is 12.6 Å². The summed E-state index contributed by atoms with van der Waals surface area (Å²) in [6, 6.07) is 6.43. The van der Waals surface area contributed by atoms with Gasteiger partial charge in [0.25, 0.3) is 0 Å². The summed E-state index contributed by atoms with van der Waals surface area (Å²) in [5.74, 6) is 2.57. The van der Waals surface area contributed by atoms with E-state index in [4.69, 9.17) is 9.47 Å². The van der Waals surface area contributed by atoms with E-state index in [1.165, 1.54) is 0 Å². The average Bonchev–Trinajstić information content (AvgIpc) is 3.05. The lowest BCUT2D eigenvalue weighted by molar-refractivity contribution is 0.318. The van der Waals surface area contributed by atoms with E-state index in [1.807, 2.05) is 23.7 Å². The summed E-state index contributed by atoms with van der Waals surface area (Å²) in [6.07, 6.45) is 3.67. The molecule has 2 heterocycles. The number of benzene rings is 1. The zero-order valence-corrected chi connectivity index (χ0v) is 14.3. The molecule has 1 N–H and O–H groups in total. The fraction of sp³-hybridized carbons (Fsp3) is 0.444. The Bertz CT molecular complexity index is 711. The summed E-state index contributed by atoms with van der Waals surface area (Å²) in [5, 5.41) is 7.86. The SMILES string of the molecule is C=C(C)COc1cc(CNC2CCc3ncnn3C2)ccc1OC. The van der Waals surface area contributed by atoms with Crippen LogP contribution in [-0.4, -0.2) is 34.5 Å². The highest BCUT2D eigenvalue weighted by atomic mass is 16.5. The van der Waals surface area contributed by atoms with Crippen molar-refractivity contribution in [3.05, 3.63) is 48.1 Å². The fourth-order valence-corrected chi connectivity index (χ4v) is 2.81. The number of aryl methyl sites for hydroxylation is 1. The van der Waals surface area contributed by atoms with Crippen LogP contribution in [0.3, 0.4) is 0 Å². The molecule has 0 spiro atoms. The van der Waals surface area contributed by atoms with Crippen LogP contribution < -0.4 is 14.8 Å². The Balaban J connectivity index is 1.61. The molecule has 1 atom stereocenters. The van der Waals surface area contributed by atoms with Crippen LogP contribution in [0, 0.1) is 0 Å². The molecule has 1 aliphatic heterocycles. The third-order valence-electron chi connectivity index (χ3n) is 4.10. The first-order valence-corrected chi connectivity index (χ1v) is 8.20. The first-order valence-electron chi connectivity index (χ1n) is 8.20. The van der Waals surface area contributed by atoms with E-state index in [9.17, 15) is 0 Å². The number of fused-ring (bicyclic) bond motifs is 1. The van der Waals surface area contributed by atoms with Crippen molar-refractivity contribution in [1.82, 2.24) is 20.1 Å². The molecule has 0 fully saturated rings. The van der Waals surface area contributed by atoms with Crippen LogP contribution in [0.25, 0.3) is 0 Å². The molecular weight excluding hydrogens is 304 g/mol. The Morgan fingerprint density at radius 1 is 1.42 bits per heavy atom. The highest BCUT2D eigenvalue weighted by molar-refractivity contribution is 5.43. The van der Waals surface area contributed by atoms with Crippen molar-refractivity contribution in [3.63, 3.8) is 0 Å².